The van der Waals surface area contributed by atoms with E-state index < -0.39 is 5.97 Å². The molecule has 0 spiro atoms. The Labute approximate surface area is 113 Å². The number of aryl methyl sites for hydroxylation is 1. The van der Waals surface area contributed by atoms with Crippen LogP contribution in [0.5, 0.6) is 0 Å². The van der Waals surface area contributed by atoms with Gasteiger partial charge in [0.2, 0.25) is 0 Å². The molecule has 0 heterocycles. The predicted molar refractivity (Wildman–Crippen MR) is 73.2 cm³/mol. The number of carbonyl (C=O) groups is 2. The maximum absolute atomic E-state index is 12.2. The second-order valence-electron chi connectivity index (χ2n) is 5.55. The van der Waals surface area contributed by atoms with E-state index in [1.165, 1.54) is 0 Å². The second kappa shape index (κ2) is 6.00. The second-order valence-corrected chi connectivity index (χ2v) is 5.55. The number of hydrogen-bond acceptors (Lipinski definition) is 2. The molecule has 0 saturated heterocycles. The Morgan fingerprint density at radius 2 is 1.89 bits per heavy atom. The van der Waals surface area contributed by atoms with Gasteiger partial charge in [0.1, 0.15) is 0 Å². The standard InChI is InChI=1S/C16H20O3/c1-11-3-2-4-14(9-11)15(17)10-12-5-7-13(8-6-12)16(18)19/h2-4,9,12-13H,5-8,10H2,1H3,(H,18,19). The van der Waals surface area contributed by atoms with E-state index in [2.05, 4.69) is 0 Å². The minimum atomic E-state index is -0.691. The predicted octanol–water partition coefficient (Wildman–Crippen LogP) is 3.46. The van der Waals surface area contributed by atoms with Gasteiger partial charge in [-0.15, -0.1) is 0 Å². The number of carbonyl (C=O) groups excluding carboxylic acids is 1. The monoisotopic (exact) mass is 260 g/mol. The summed E-state index contributed by atoms with van der Waals surface area (Å²) < 4.78 is 0. The van der Waals surface area contributed by atoms with Gasteiger partial charge in [-0.2, -0.15) is 0 Å². The minimum Gasteiger partial charge on any atom is -0.481 e. The molecule has 1 aromatic rings. The van der Waals surface area contributed by atoms with Crippen molar-refractivity contribution in [3.05, 3.63) is 35.4 Å². The van der Waals surface area contributed by atoms with Crippen molar-refractivity contribution in [1.29, 1.82) is 0 Å². The van der Waals surface area contributed by atoms with Crippen LogP contribution in [0.3, 0.4) is 0 Å². The van der Waals surface area contributed by atoms with Crippen LogP contribution in [0.15, 0.2) is 24.3 Å². The van der Waals surface area contributed by atoms with Crippen LogP contribution in [-0.2, 0) is 4.79 Å². The zero-order valence-electron chi connectivity index (χ0n) is 11.3. The lowest BCUT2D eigenvalue weighted by Crippen LogP contribution is -2.22. The topological polar surface area (TPSA) is 54.4 Å². The van der Waals surface area contributed by atoms with E-state index in [1.54, 1.807) is 0 Å². The van der Waals surface area contributed by atoms with Gasteiger partial charge in [0.15, 0.2) is 5.78 Å². The number of rotatable bonds is 4. The van der Waals surface area contributed by atoms with E-state index in [0.717, 1.165) is 24.0 Å². The first-order chi connectivity index (χ1) is 9.06. The molecule has 0 bridgehead atoms. The molecule has 102 valence electrons. The van der Waals surface area contributed by atoms with E-state index in [4.69, 9.17) is 5.11 Å². The van der Waals surface area contributed by atoms with Crippen molar-refractivity contribution in [2.75, 3.05) is 0 Å². The van der Waals surface area contributed by atoms with Gasteiger partial charge >= 0.3 is 5.97 Å². The SMILES string of the molecule is Cc1cccc(C(=O)CC2CCC(C(=O)O)CC2)c1. The van der Waals surface area contributed by atoms with Crippen LogP contribution in [0.2, 0.25) is 0 Å². The molecule has 0 amide bonds. The molecule has 0 atom stereocenters. The molecule has 0 aromatic heterocycles. The Morgan fingerprint density at radius 3 is 2.47 bits per heavy atom. The molecular weight excluding hydrogens is 240 g/mol. The van der Waals surface area contributed by atoms with Gasteiger partial charge in [0.25, 0.3) is 0 Å². The highest BCUT2D eigenvalue weighted by Gasteiger charge is 2.27. The maximum Gasteiger partial charge on any atom is 0.306 e. The fourth-order valence-corrected chi connectivity index (χ4v) is 2.81. The first kappa shape index (κ1) is 13.8. The summed E-state index contributed by atoms with van der Waals surface area (Å²) in [6.45, 7) is 1.98. The van der Waals surface area contributed by atoms with Gasteiger partial charge in [0.05, 0.1) is 5.92 Å². The Hall–Kier alpha value is -1.64. The first-order valence-corrected chi connectivity index (χ1v) is 6.89. The lowest BCUT2D eigenvalue weighted by molar-refractivity contribution is -0.143. The van der Waals surface area contributed by atoms with Crippen molar-refractivity contribution in [1.82, 2.24) is 0 Å². The molecule has 1 saturated carbocycles. The van der Waals surface area contributed by atoms with Gasteiger partial charge in [0, 0.05) is 12.0 Å². The smallest absolute Gasteiger partial charge is 0.306 e. The molecule has 3 nitrogen and oxygen atoms in total. The van der Waals surface area contributed by atoms with E-state index >= 15 is 0 Å². The number of carboxylic acids is 1. The van der Waals surface area contributed by atoms with Crippen molar-refractivity contribution in [2.45, 2.75) is 39.0 Å². The molecule has 1 aromatic carbocycles. The summed E-state index contributed by atoms with van der Waals surface area (Å²) in [6, 6.07) is 7.67. The van der Waals surface area contributed by atoms with Crippen LogP contribution < -0.4 is 0 Å². The van der Waals surface area contributed by atoms with Crippen LogP contribution in [0.25, 0.3) is 0 Å². The highest BCUT2D eigenvalue weighted by atomic mass is 16.4. The third kappa shape index (κ3) is 3.66. The van der Waals surface area contributed by atoms with Gasteiger partial charge in [-0.05, 0) is 44.6 Å². The number of Topliss-reactive ketones (excluding diaryl/α,β-unsaturated/α-hetero) is 1. The molecule has 0 unspecified atom stereocenters. The van der Waals surface area contributed by atoms with Crippen LogP contribution >= 0.6 is 0 Å². The molecule has 3 heteroatoms. The Kier molecular flexibility index (Phi) is 4.35. The summed E-state index contributed by atoms with van der Waals surface area (Å²) in [7, 11) is 0. The lowest BCUT2D eigenvalue weighted by Gasteiger charge is -2.25. The summed E-state index contributed by atoms with van der Waals surface area (Å²) in [5.74, 6) is -0.361. The average Bonchev–Trinajstić information content (AvgIpc) is 2.39. The van der Waals surface area contributed by atoms with Crippen molar-refractivity contribution in [3.8, 4) is 0 Å². The number of ketones is 1. The van der Waals surface area contributed by atoms with Crippen LogP contribution in [0.1, 0.15) is 48.0 Å². The van der Waals surface area contributed by atoms with Crippen LogP contribution in [0, 0.1) is 18.8 Å². The summed E-state index contributed by atoms with van der Waals surface area (Å²) in [4.78, 5) is 23.0. The number of benzene rings is 1. The summed E-state index contributed by atoms with van der Waals surface area (Å²) in [5.41, 5.74) is 1.88. The van der Waals surface area contributed by atoms with E-state index in [-0.39, 0.29) is 11.7 Å². The largest absolute Gasteiger partial charge is 0.481 e. The lowest BCUT2D eigenvalue weighted by atomic mass is 9.79. The Morgan fingerprint density at radius 1 is 1.21 bits per heavy atom. The first-order valence-electron chi connectivity index (χ1n) is 6.89. The van der Waals surface area contributed by atoms with Crippen molar-refractivity contribution < 1.29 is 14.7 Å². The van der Waals surface area contributed by atoms with Crippen molar-refractivity contribution in [2.24, 2.45) is 11.8 Å². The summed E-state index contributed by atoms with van der Waals surface area (Å²) in [6.07, 6.45) is 3.68. The molecule has 2 rings (SSSR count). The van der Waals surface area contributed by atoms with E-state index in [9.17, 15) is 9.59 Å². The number of hydrogen-bond donors (Lipinski definition) is 1. The highest BCUT2D eigenvalue weighted by Crippen LogP contribution is 2.31. The molecule has 1 aliphatic carbocycles. The number of carboxylic acid groups (broad SMARTS) is 1. The van der Waals surface area contributed by atoms with Gasteiger partial charge in [-0.1, -0.05) is 23.8 Å². The average molecular weight is 260 g/mol. The van der Waals surface area contributed by atoms with E-state index in [0.29, 0.717) is 25.2 Å². The highest BCUT2D eigenvalue weighted by molar-refractivity contribution is 5.96. The fourth-order valence-electron chi connectivity index (χ4n) is 2.81. The molecule has 1 aliphatic rings. The summed E-state index contributed by atoms with van der Waals surface area (Å²) in [5, 5.41) is 8.95. The molecular formula is C16H20O3. The molecule has 19 heavy (non-hydrogen) atoms. The zero-order chi connectivity index (χ0) is 13.8. The fraction of sp³-hybridized carbons (Fsp3) is 0.500. The quantitative estimate of drug-likeness (QED) is 0.843. The van der Waals surface area contributed by atoms with Crippen molar-refractivity contribution in [3.63, 3.8) is 0 Å². The Balaban J connectivity index is 1.89. The Bertz CT molecular complexity index is 471. The third-order valence-electron chi connectivity index (χ3n) is 4.01. The van der Waals surface area contributed by atoms with Crippen LogP contribution in [0.4, 0.5) is 0 Å². The minimum absolute atomic E-state index is 0.183. The van der Waals surface area contributed by atoms with Gasteiger partial charge in [-0.25, -0.2) is 0 Å². The van der Waals surface area contributed by atoms with Crippen LogP contribution in [-0.4, -0.2) is 16.9 Å². The molecule has 1 fully saturated rings. The normalized spacial score (nSPS) is 23.0. The van der Waals surface area contributed by atoms with Gasteiger partial charge < -0.3 is 5.11 Å². The van der Waals surface area contributed by atoms with Crippen molar-refractivity contribution >= 4 is 11.8 Å². The molecule has 1 N–H and O–H groups in total. The zero-order valence-corrected chi connectivity index (χ0v) is 11.3. The summed E-state index contributed by atoms with van der Waals surface area (Å²) >= 11 is 0. The van der Waals surface area contributed by atoms with E-state index in [1.807, 2.05) is 31.2 Å². The number of aliphatic carboxylic acids is 1. The van der Waals surface area contributed by atoms with Gasteiger partial charge in [-0.3, -0.25) is 9.59 Å². The maximum atomic E-state index is 12.2. The third-order valence-corrected chi connectivity index (χ3v) is 4.01. The molecule has 0 radical (unpaired) electrons. The molecule has 0 aliphatic heterocycles.